The fourth-order valence-electron chi connectivity index (χ4n) is 1.76. The Labute approximate surface area is 117 Å². The monoisotopic (exact) mass is 277 g/mol. The molecule has 0 amide bonds. The van der Waals surface area contributed by atoms with Crippen molar-refractivity contribution in [2.75, 3.05) is 11.1 Å². The Morgan fingerprint density at radius 3 is 2.68 bits per heavy atom. The van der Waals surface area contributed by atoms with Crippen molar-refractivity contribution >= 4 is 23.3 Å². The number of H-pyrrole nitrogens is 2. The van der Waals surface area contributed by atoms with E-state index in [1.807, 2.05) is 30.3 Å². The van der Waals surface area contributed by atoms with Gasteiger partial charge in [-0.2, -0.15) is 0 Å². The largest absolute Gasteiger partial charge is 0.340 e. The van der Waals surface area contributed by atoms with Gasteiger partial charge in [-0.15, -0.1) is 11.8 Å². The number of para-hydroxylation sites is 1. The topological polar surface area (TPSA) is 60.7 Å². The minimum Gasteiger partial charge on any atom is -0.340 e. The van der Waals surface area contributed by atoms with Gasteiger partial charge in [-0.1, -0.05) is 38.0 Å². The van der Waals surface area contributed by atoms with Crippen LogP contribution in [0.1, 0.15) is 26.2 Å². The van der Waals surface area contributed by atoms with E-state index in [0.29, 0.717) is 0 Å². The quantitative estimate of drug-likeness (QED) is 0.534. The molecule has 2 rings (SSSR count). The van der Waals surface area contributed by atoms with E-state index in [1.54, 1.807) is 11.8 Å². The predicted molar refractivity (Wildman–Crippen MR) is 81.4 cm³/mol. The van der Waals surface area contributed by atoms with Crippen LogP contribution < -0.4 is 10.9 Å². The summed E-state index contributed by atoms with van der Waals surface area (Å²) in [6.45, 7) is 2.18. The Hall–Kier alpha value is -1.62. The van der Waals surface area contributed by atoms with Crippen molar-refractivity contribution in [1.82, 2.24) is 10.2 Å². The van der Waals surface area contributed by atoms with Crippen molar-refractivity contribution in [3.05, 3.63) is 40.7 Å². The predicted octanol–water partition coefficient (Wildman–Crippen LogP) is 3.73. The van der Waals surface area contributed by atoms with Crippen molar-refractivity contribution in [1.29, 1.82) is 0 Å². The molecule has 0 spiro atoms. The number of anilines is 2. The third-order valence-electron chi connectivity index (χ3n) is 2.77. The van der Waals surface area contributed by atoms with E-state index < -0.39 is 0 Å². The van der Waals surface area contributed by atoms with Gasteiger partial charge in [0.2, 0.25) is 0 Å². The van der Waals surface area contributed by atoms with Crippen molar-refractivity contribution in [3.8, 4) is 0 Å². The molecular formula is C14H19N3OS. The molecule has 0 saturated heterocycles. The maximum Gasteiger partial charge on any atom is 0.279 e. The zero-order valence-corrected chi connectivity index (χ0v) is 11.8. The van der Waals surface area contributed by atoms with Crippen LogP contribution in [-0.4, -0.2) is 16.0 Å². The summed E-state index contributed by atoms with van der Waals surface area (Å²) in [5.41, 5.74) is 0.910. The van der Waals surface area contributed by atoms with E-state index in [1.165, 1.54) is 12.8 Å². The van der Waals surface area contributed by atoms with E-state index in [2.05, 4.69) is 22.4 Å². The molecule has 5 heteroatoms. The first-order chi connectivity index (χ1) is 9.31. The molecule has 1 aromatic carbocycles. The van der Waals surface area contributed by atoms with Gasteiger partial charge < -0.3 is 5.32 Å². The van der Waals surface area contributed by atoms with Crippen LogP contribution >= 0.6 is 11.8 Å². The third-order valence-corrected chi connectivity index (χ3v) is 3.94. The molecule has 0 fully saturated rings. The number of aromatic amines is 2. The summed E-state index contributed by atoms with van der Waals surface area (Å²) < 4.78 is 0. The van der Waals surface area contributed by atoms with E-state index in [-0.39, 0.29) is 5.56 Å². The Morgan fingerprint density at radius 1 is 1.16 bits per heavy atom. The summed E-state index contributed by atoms with van der Waals surface area (Å²) in [7, 11) is 0. The number of unbranched alkanes of at least 4 members (excludes halogenated alkanes) is 2. The van der Waals surface area contributed by atoms with Crippen molar-refractivity contribution in [2.24, 2.45) is 0 Å². The molecule has 102 valence electrons. The molecule has 0 unspecified atom stereocenters. The third kappa shape index (κ3) is 3.92. The van der Waals surface area contributed by atoms with Crippen LogP contribution in [0.4, 0.5) is 11.5 Å². The second-order valence-electron chi connectivity index (χ2n) is 4.33. The molecule has 0 atom stereocenters. The van der Waals surface area contributed by atoms with Gasteiger partial charge in [0.05, 0.1) is 0 Å². The van der Waals surface area contributed by atoms with E-state index in [0.717, 1.165) is 28.6 Å². The van der Waals surface area contributed by atoms with Crippen LogP contribution in [0.2, 0.25) is 0 Å². The summed E-state index contributed by atoms with van der Waals surface area (Å²) in [4.78, 5) is 12.5. The normalized spacial score (nSPS) is 10.6. The van der Waals surface area contributed by atoms with Gasteiger partial charge in [0.1, 0.15) is 10.7 Å². The maximum absolute atomic E-state index is 11.7. The highest BCUT2D eigenvalue weighted by atomic mass is 32.2. The van der Waals surface area contributed by atoms with Gasteiger partial charge in [-0.25, -0.2) is 0 Å². The summed E-state index contributed by atoms with van der Waals surface area (Å²) in [5.74, 6) is 1.72. The van der Waals surface area contributed by atoms with Crippen molar-refractivity contribution < 1.29 is 0 Å². The molecular weight excluding hydrogens is 258 g/mol. The highest BCUT2D eigenvalue weighted by Gasteiger charge is 2.10. The molecule has 1 aromatic heterocycles. The van der Waals surface area contributed by atoms with Gasteiger partial charge in [0.15, 0.2) is 0 Å². The minimum atomic E-state index is -0.0556. The SMILES string of the molecule is CCCCCSc1c(Nc2ccccc2)[nH][nH]c1=O. The average Bonchev–Trinajstić information content (AvgIpc) is 2.77. The molecule has 0 aliphatic carbocycles. The van der Waals surface area contributed by atoms with Crippen LogP contribution in [0.15, 0.2) is 40.0 Å². The van der Waals surface area contributed by atoms with Gasteiger partial charge in [-0.3, -0.25) is 15.0 Å². The van der Waals surface area contributed by atoms with Gasteiger partial charge in [-0.05, 0) is 24.3 Å². The fourth-order valence-corrected chi connectivity index (χ4v) is 2.75. The smallest absolute Gasteiger partial charge is 0.279 e. The fraction of sp³-hybridized carbons (Fsp3) is 0.357. The summed E-state index contributed by atoms with van der Waals surface area (Å²) in [5, 5.41) is 8.76. The number of hydrogen-bond donors (Lipinski definition) is 3. The second-order valence-corrected chi connectivity index (χ2v) is 5.44. The first-order valence-electron chi connectivity index (χ1n) is 6.56. The lowest BCUT2D eigenvalue weighted by molar-refractivity contribution is 0.778. The highest BCUT2D eigenvalue weighted by Crippen LogP contribution is 2.25. The van der Waals surface area contributed by atoms with Crippen LogP contribution in [0, 0.1) is 0 Å². The summed E-state index contributed by atoms with van der Waals surface area (Å²) in [6, 6.07) is 9.82. The van der Waals surface area contributed by atoms with E-state index >= 15 is 0 Å². The number of thioether (sulfide) groups is 1. The van der Waals surface area contributed by atoms with Crippen molar-refractivity contribution in [2.45, 2.75) is 31.1 Å². The van der Waals surface area contributed by atoms with Crippen LogP contribution in [-0.2, 0) is 0 Å². The average molecular weight is 277 g/mol. The lowest BCUT2D eigenvalue weighted by Gasteiger charge is -2.05. The van der Waals surface area contributed by atoms with Crippen LogP contribution in [0.25, 0.3) is 0 Å². The molecule has 2 aromatic rings. The first kappa shape index (κ1) is 13.8. The molecule has 0 aliphatic heterocycles. The molecule has 0 saturated carbocycles. The lowest BCUT2D eigenvalue weighted by atomic mass is 10.3. The molecule has 3 N–H and O–H groups in total. The Bertz CT molecular complexity index is 547. The summed E-state index contributed by atoms with van der Waals surface area (Å²) in [6.07, 6.45) is 3.53. The number of hydrogen-bond acceptors (Lipinski definition) is 3. The van der Waals surface area contributed by atoms with Gasteiger partial charge in [0, 0.05) is 5.69 Å². The Morgan fingerprint density at radius 2 is 1.95 bits per heavy atom. The van der Waals surface area contributed by atoms with E-state index in [9.17, 15) is 4.79 Å². The Balaban J connectivity index is 2.03. The molecule has 4 nitrogen and oxygen atoms in total. The highest BCUT2D eigenvalue weighted by molar-refractivity contribution is 7.99. The van der Waals surface area contributed by atoms with Crippen LogP contribution in [0.5, 0.6) is 0 Å². The second kappa shape index (κ2) is 7.09. The molecule has 0 aliphatic rings. The first-order valence-corrected chi connectivity index (χ1v) is 7.55. The zero-order valence-electron chi connectivity index (χ0n) is 11.0. The lowest BCUT2D eigenvalue weighted by Crippen LogP contribution is -2.02. The molecule has 0 radical (unpaired) electrons. The summed E-state index contributed by atoms with van der Waals surface area (Å²) >= 11 is 1.60. The number of rotatable bonds is 7. The zero-order chi connectivity index (χ0) is 13.5. The Kier molecular flexibility index (Phi) is 5.15. The number of benzene rings is 1. The standard InChI is InChI=1S/C14H19N3OS/c1-2-3-7-10-19-12-13(16-17-14(12)18)15-11-8-5-4-6-9-11/h4-6,8-9H,2-3,7,10H2,1H3,(H3,15,16,17,18). The number of nitrogens with one attached hydrogen (secondary N) is 3. The number of aromatic nitrogens is 2. The van der Waals surface area contributed by atoms with Gasteiger partial charge >= 0.3 is 0 Å². The molecule has 0 bridgehead atoms. The molecule has 1 heterocycles. The molecule has 19 heavy (non-hydrogen) atoms. The van der Waals surface area contributed by atoms with E-state index in [4.69, 9.17) is 0 Å². The van der Waals surface area contributed by atoms with Crippen LogP contribution in [0.3, 0.4) is 0 Å². The van der Waals surface area contributed by atoms with Gasteiger partial charge in [0.25, 0.3) is 5.56 Å². The maximum atomic E-state index is 11.7. The van der Waals surface area contributed by atoms with Crippen molar-refractivity contribution in [3.63, 3.8) is 0 Å². The minimum absolute atomic E-state index is 0.0556.